The first-order valence-corrected chi connectivity index (χ1v) is 8.01. The molecule has 0 fully saturated rings. The fourth-order valence-corrected chi connectivity index (χ4v) is 2.13. The summed E-state index contributed by atoms with van der Waals surface area (Å²) < 4.78 is 0. The van der Waals surface area contributed by atoms with Crippen molar-refractivity contribution in [3.05, 3.63) is 29.8 Å². The van der Waals surface area contributed by atoms with Crippen LogP contribution in [-0.2, 0) is 4.79 Å². The van der Waals surface area contributed by atoms with Crippen LogP contribution in [0.25, 0.3) is 0 Å². The van der Waals surface area contributed by atoms with Crippen molar-refractivity contribution in [3.8, 4) is 0 Å². The summed E-state index contributed by atoms with van der Waals surface area (Å²) in [5.41, 5.74) is 1.22. The molecule has 0 aliphatic rings. The van der Waals surface area contributed by atoms with E-state index in [0.29, 0.717) is 24.2 Å². The molecule has 5 nitrogen and oxygen atoms in total. The van der Waals surface area contributed by atoms with Crippen molar-refractivity contribution in [3.63, 3.8) is 0 Å². The summed E-state index contributed by atoms with van der Waals surface area (Å²) in [5, 5.41) is 5.68. The van der Waals surface area contributed by atoms with Gasteiger partial charge in [-0.2, -0.15) is 0 Å². The van der Waals surface area contributed by atoms with Crippen molar-refractivity contribution >= 4 is 17.5 Å². The fourth-order valence-electron chi connectivity index (χ4n) is 2.13. The molecule has 0 radical (unpaired) electrons. The molecule has 2 amide bonds. The Hall–Kier alpha value is -1.88. The minimum absolute atomic E-state index is 0.0585. The van der Waals surface area contributed by atoms with Gasteiger partial charge in [0.15, 0.2) is 0 Å². The van der Waals surface area contributed by atoms with Gasteiger partial charge in [0.25, 0.3) is 5.91 Å². The Kier molecular flexibility index (Phi) is 8.22. The molecule has 0 saturated carbocycles. The molecule has 0 bridgehead atoms. The number of anilines is 1. The molecule has 0 spiro atoms. The van der Waals surface area contributed by atoms with Crippen LogP contribution >= 0.6 is 0 Å². The van der Waals surface area contributed by atoms with Crippen LogP contribution in [0.4, 0.5) is 5.69 Å². The topological polar surface area (TPSA) is 61.4 Å². The second-order valence-electron chi connectivity index (χ2n) is 5.12. The monoisotopic (exact) mass is 305 g/mol. The van der Waals surface area contributed by atoms with E-state index in [1.54, 1.807) is 31.2 Å². The lowest BCUT2D eigenvalue weighted by Crippen LogP contribution is -2.29. The molecular weight excluding hydrogens is 278 g/mol. The predicted molar refractivity (Wildman–Crippen MR) is 90.1 cm³/mol. The third-order valence-electron chi connectivity index (χ3n) is 3.56. The lowest BCUT2D eigenvalue weighted by Gasteiger charge is -2.17. The van der Waals surface area contributed by atoms with Crippen LogP contribution in [0, 0.1) is 0 Å². The van der Waals surface area contributed by atoms with E-state index in [9.17, 15) is 9.59 Å². The molecule has 0 aliphatic carbocycles. The van der Waals surface area contributed by atoms with Gasteiger partial charge in [-0.05, 0) is 44.3 Å². The predicted octanol–water partition coefficient (Wildman–Crippen LogP) is 2.50. The fraction of sp³-hybridized carbons (Fsp3) is 0.529. The van der Waals surface area contributed by atoms with Crippen molar-refractivity contribution in [1.82, 2.24) is 10.2 Å². The van der Waals surface area contributed by atoms with E-state index in [1.165, 1.54) is 0 Å². The Morgan fingerprint density at radius 3 is 2.50 bits per heavy atom. The molecule has 0 saturated heterocycles. The number of carbonyl (C=O) groups excluding carboxylic acids is 2. The lowest BCUT2D eigenvalue weighted by molar-refractivity contribution is -0.115. The van der Waals surface area contributed by atoms with Gasteiger partial charge in [0.1, 0.15) is 0 Å². The van der Waals surface area contributed by atoms with E-state index >= 15 is 0 Å². The van der Waals surface area contributed by atoms with Crippen molar-refractivity contribution in [2.45, 2.75) is 33.6 Å². The summed E-state index contributed by atoms with van der Waals surface area (Å²) in [6.45, 7) is 9.77. The van der Waals surface area contributed by atoms with Crippen LogP contribution < -0.4 is 10.6 Å². The highest BCUT2D eigenvalue weighted by Crippen LogP contribution is 2.11. The van der Waals surface area contributed by atoms with Gasteiger partial charge in [0, 0.05) is 24.2 Å². The summed E-state index contributed by atoms with van der Waals surface area (Å²) in [6, 6.07) is 7.01. The molecule has 5 heteroatoms. The van der Waals surface area contributed by atoms with E-state index in [4.69, 9.17) is 0 Å². The quantitative estimate of drug-likeness (QED) is 0.689. The zero-order chi connectivity index (χ0) is 16.4. The van der Waals surface area contributed by atoms with E-state index in [0.717, 1.165) is 26.1 Å². The van der Waals surface area contributed by atoms with Gasteiger partial charge in [-0.1, -0.05) is 26.8 Å². The zero-order valence-electron chi connectivity index (χ0n) is 13.8. The zero-order valence-corrected chi connectivity index (χ0v) is 13.8. The Labute approximate surface area is 133 Å². The Morgan fingerprint density at radius 1 is 1.14 bits per heavy atom. The minimum Gasteiger partial charge on any atom is -0.352 e. The molecule has 0 heterocycles. The summed E-state index contributed by atoms with van der Waals surface area (Å²) in [4.78, 5) is 25.8. The first kappa shape index (κ1) is 18.2. The van der Waals surface area contributed by atoms with Gasteiger partial charge >= 0.3 is 0 Å². The van der Waals surface area contributed by atoms with Crippen LogP contribution in [0.5, 0.6) is 0 Å². The number of hydrogen-bond acceptors (Lipinski definition) is 3. The van der Waals surface area contributed by atoms with Gasteiger partial charge < -0.3 is 15.5 Å². The average molecular weight is 305 g/mol. The summed E-state index contributed by atoms with van der Waals surface area (Å²) >= 11 is 0. The third kappa shape index (κ3) is 6.26. The van der Waals surface area contributed by atoms with Crippen molar-refractivity contribution in [2.24, 2.45) is 0 Å². The number of amides is 2. The van der Waals surface area contributed by atoms with Crippen LogP contribution in [0.1, 0.15) is 44.0 Å². The van der Waals surface area contributed by atoms with E-state index in [1.807, 2.05) is 0 Å². The minimum atomic E-state index is -0.104. The van der Waals surface area contributed by atoms with Gasteiger partial charge in [-0.15, -0.1) is 0 Å². The maximum absolute atomic E-state index is 12.1. The van der Waals surface area contributed by atoms with E-state index in [-0.39, 0.29) is 11.8 Å². The Morgan fingerprint density at radius 2 is 1.86 bits per heavy atom. The van der Waals surface area contributed by atoms with Crippen LogP contribution in [0.3, 0.4) is 0 Å². The first-order chi connectivity index (χ1) is 10.6. The molecule has 0 atom stereocenters. The number of benzene rings is 1. The van der Waals surface area contributed by atoms with Crippen molar-refractivity contribution < 1.29 is 9.59 Å². The molecule has 1 aromatic carbocycles. The van der Waals surface area contributed by atoms with Crippen LogP contribution in [-0.4, -0.2) is 42.9 Å². The molecule has 2 N–H and O–H groups in total. The highest BCUT2D eigenvalue weighted by Gasteiger charge is 2.07. The molecule has 1 rings (SSSR count). The summed E-state index contributed by atoms with van der Waals surface area (Å²) in [5.74, 6) is -0.163. The smallest absolute Gasteiger partial charge is 0.251 e. The molecule has 0 unspecified atom stereocenters. The molecule has 122 valence electrons. The number of rotatable bonds is 9. The Balaban J connectivity index is 2.45. The SMILES string of the molecule is CCC(=O)Nc1cccc(C(=O)NCCCN(CC)CC)c1. The van der Waals surface area contributed by atoms with Gasteiger partial charge in [-0.3, -0.25) is 9.59 Å². The highest BCUT2D eigenvalue weighted by molar-refractivity contribution is 5.97. The second kappa shape index (κ2) is 9.95. The summed E-state index contributed by atoms with van der Waals surface area (Å²) in [6.07, 6.45) is 1.35. The average Bonchev–Trinajstić information content (AvgIpc) is 2.55. The number of nitrogens with zero attached hydrogens (tertiary/aromatic N) is 1. The third-order valence-corrected chi connectivity index (χ3v) is 3.56. The number of hydrogen-bond donors (Lipinski definition) is 2. The summed E-state index contributed by atoms with van der Waals surface area (Å²) in [7, 11) is 0. The second-order valence-corrected chi connectivity index (χ2v) is 5.12. The maximum atomic E-state index is 12.1. The van der Waals surface area contributed by atoms with Gasteiger partial charge in [-0.25, -0.2) is 0 Å². The standard InChI is InChI=1S/C17H27N3O2/c1-4-16(21)19-15-10-7-9-14(13-15)17(22)18-11-8-12-20(5-2)6-3/h7,9-10,13H,4-6,8,11-12H2,1-3H3,(H,18,22)(H,19,21). The van der Waals surface area contributed by atoms with Crippen molar-refractivity contribution in [1.29, 1.82) is 0 Å². The molecular formula is C17H27N3O2. The van der Waals surface area contributed by atoms with Crippen molar-refractivity contribution in [2.75, 3.05) is 31.5 Å². The lowest BCUT2D eigenvalue weighted by atomic mass is 10.2. The number of carbonyl (C=O) groups is 2. The molecule has 1 aromatic rings. The molecule has 22 heavy (non-hydrogen) atoms. The largest absolute Gasteiger partial charge is 0.352 e. The van der Waals surface area contributed by atoms with Gasteiger partial charge in [0.05, 0.1) is 0 Å². The highest BCUT2D eigenvalue weighted by atomic mass is 16.2. The van der Waals surface area contributed by atoms with E-state index < -0.39 is 0 Å². The molecule has 0 aliphatic heterocycles. The van der Waals surface area contributed by atoms with Gasteiger partial charge in [0.2, 0.25) is 5.91 Å². The van der Waals surface area contributed by atoms with Crippen LogP contribution in [0.15, 0.2) is 24.3 Å². The first-order valence-electron chi connectivity index (χ1n) is 8.01. The van der Waals surface area contributed by atoms with E-state index in [2.05, 4.69) is 29.4 Å². The Bertz CT molecular complexity index is 485. The maximum Gasteiger partial charge on any atom is 0.251 e. The normalized spacial score (nSPS) is 10.5. The molecule has 0 aromatic heterocycles. The van der Waals surface area contributed by atoms with Crippen LogP contribution in [0.2, 0.25) is 0 Å². The number of nitrogens with one attached hydrogen (secondary N) is 2.